The second-order valence-corrected chi connectivity index (χ2v) is 7.78. The highest BCUT2D eigenvalue weighted by Gasteiger charge is 2.10. The first-order valence-electron chi connectivity index (χ1n) is 7.12. The number of nitrogens with zero attached hydrogens (tertiary/aromatic N) is 3. The summed E-state index contributed by atoms with van der Waals surface area (Å²) in [5.74, 6) is 0. The lowest BCUT2D eigenvalue weighted by Gasteiger charge is -2.07. The monoisotopic (exact) mass is 351 g/mol. The van der Waals surface area contributed by atoms with Gasteiger partial charge in [-0.05, 0) is 12.5 Å². The zero-order chi connectivity index (χ0) is 16.3. The molecule has 23 heavy (non-hydrogen) atoms. The van der Waals surface area contributed by atoms with E-state index < -0.39 is 10.2 Å². The molecule has 0 saturated carbocycles. The Morgan fingerprint density at radius 1 is 1.22 bits per heavy atom. The molecule has 0 atom stereocenters. The molecule has 0 unspecified atom stereocenters. The summed E-state index contributed by atoms with van der Waals surface area (Å²) in [6.07, 6.45) is 2.34. The SMILES string of the molecule is Cc1nn2cc(CCNS(=O)(=O)NCc3ccccc3)nc2s1. The zero-order valence-corrected chi connectivity index (χ0v) is 14.2. The van der Waals surface area contributed by atoms with Gasteiger partial charge in [-0.2, -0.15) is 18.2 Å². The summed E-state index contributed by atoms with van der Waals surface area (Å²) >= 11 is 1.51. The minimum absolute atomic E-state index is 0.263. The molecular formula is C14H17N5O2S2. The molecule has 0 aliphatic rings. The highest BCUT2D eigenvalue weighted by Crippen LogP contribution is 2.13. The van der Waals surface area contributed by atoms with Gasteiger partial charge < -0.3 is 0 Å². The number of hydrogen-bond acceptors (Lipinski definition) is 5. The second kappa shape index (κ2) is 6.75. The van der Waals surface area contributed by atoms with Crippen molar-refractivity contribution in [2.75, 3.05) is 6.54 Å². The highest BCUT2D eigenvalue weighted by atomic mass is 32.2. The Morgan fingerprint density at radius 2 is 2.00 bits per heavy atom. The normalized spacial score (nSPS) is 12.0. The van der Waals surface area contributed by atoms with Crippen LogP contribution in [0, 0.1) is 6.92 Å². The number of hydrogen-bond donors (Lipinski definition) is 2. The molecule has 9 heteroatoms. The standard InChI is InChI=1S/C14H17N5O2S2/c1-11-18-19-10-13(17-14(19)22-11)7-8-15-23(20,21)16-9-12-5-3-2-4-6-12/h2-6,10,15-16H,7-9H2,1H3. The average molecular weight is 351 g/mol. The van der Waals surface area contributed by atoms with E-state index in [1.165, 1.54) is 11.3 Å². The number of imidazole rings is 1. The quantitative estimate of drug-likeness (QED) is 0.671. The number of rotatable bonds is 7. The Hall–Kier alpha value is -1.81. The zero-order valence-electron chi connectivity index (χ0n) is 12.6. The Balaban J connectivity index is 1.49. The van der Waals surface area contributed by atoms with E-state index in [1.807, 2.05) is 43.5 Å². The van der Waals surface area contributed by atoms with Crippen LogP contribution in [0.25, 0.3) is 4.96 Å². The molecule has 0 amide bonds. The topological polar surface area (TPSA) is 88.4 Å². The van der Waals surface area contributed by atoms with Gasteiger partial charge in [-0.3, -0.25) is 0 Å². The first-order valence-corrected chi connectivity index (χ1v) is 9.42. The third-order valence-electron chi connectivity index (χ3n) is 3.18. The summed E-state index contributed by atoms with van der Waals surface area (Å²) < 4.78 is 30.6. The number of nitrogens with one attached hydrogen (secondary N) is 2. The molecule has 2 heterocycles. The minimum Gasteiger partial charge on any atom is -0.223 e. The number of aromatic nitrogens is 3. The van der Waals surface area contributed by atoms with Gasteiger partial charge in [-0.15, -0.1) is 0 Å². The van der Waals surface area contributed by atoms with Crippen molar-refractivity contribution in [2.45, 2.75) is 19.9 Å². The second-order valence-electron chi connectivity index (χ2n) is 5.03. The number of aryl methyl sites for hydroxylation is 1. The summed E-state index contributed by atoms with van der Waals surface area (Å²) in [5.41, 5.74) is 1.73. The van der Waals surface area contributed by atoms with E-state index in [-0.39, 0.29) is 13.1 Å². The van der Waals surface area contributed by atoms with Crippen LogP contribution in [0.5, 0.6) is 0 Å². The van der Waals surface area contributed by atoms with Gasteiger partial charge in [0.05, 0.1) is 11.9 Å². The van der Waals surface area contributed by atoms with E-state index >= 15 is 0 Å². The fraction of sp³-hybridized carbons (Fsp3) is 0.286. The maximum absolute atomic E-state index is 11.9. The van der Waals surface area contributed by atoms with Gasteiger partial charge in [-0.25, -0.2) is 14.2 Å². The van der Waals surface area contributed by atoms with Crippen molar-refractivity contribution in [2.24, 2.45) is 0 Å². The van der Waals surface area contributed by atoms with Crippen molar-refractivity contribution in [3.8, 4) is 0 Å². The highest BCUT2D eigenvalue weighted by molar-refractivity contribution is 7.87. The van der Waals surface area contributed by atoms with Crippen molar-refractivity contribution in [1.82, 2.24) is 24.0 Å². The average Bonchev–Trinajstić information content (AvgIpc) is 3.03. The van der Waals surface area contributed by atoms with Gasteiger partial charge in [0.1, 0.15) is 5.01 Å². The molecule has 1 aromatic carbocycles. The van der Waals surface area contributed by atoms with Gasteiger partial charge in [0.15, 0.2) is 0 Å². The van der Waals surface area contributed by atoms with Crippen LogP contribution in [0.1, 0.15) is 16.3 Å². The first kappa shape index (κ1) is 16.1. The molecule has 122 valence electrons. The molecule has 3 aromatic rings. The van der Waals surface area contributed by atoms with Gasteiger partial charge in [0.25, 0.3) is 10.2 Å². The van der Waals surface area contributed by atoms with E-state index in [9.17, 15) is 8.42 Å². The summed E-state index contributed by atoms with van der Waals surface area (Å²) in [7, 11) is -3.52. The van der Waals surface area contributed by atoms with Gasteiger partial charge in [0, 0.05) is 19.5 Å². The van der Waals surface area contributed by atoms with E-state index in [0.29, 0.717) is 6.42 Å². The van der Waals surface area contributed by atoms with Gasteiger partial charge in [-0.1, -0.05) is 41.7 Å². The lowest BCUT2D eigenvalue weighted by atomic mass is 10.2. The maximum Gasteiger partial charge on any atom is 0.277 e. The van der Waals surface area contributed by atoms with Crippen molar-refractivity contribution in [3.05, 3.63) is 52.8 Å². The van der Waals surface area contributed by atoms with Crippen molar-refractivity contribution >= 4 is 26.5 Å². The van der Waals surface area contributed by atoms with Crippen LogP contribution in [0.4, 0.5) is 0 Å². The number of fused-ring (bicyclic) bond motifs is 1. The summed E-state index contributed by atoms with van der Waals surface area (Å²) in [5, 5.41) is 5.22. The van der Waals surface area contributed by atoms with E-state index in [2.05, 4.69) is 19.5 Å². The Bertz CT molecular complexity index is 855. The van der Waals surface area contributed by atoms with Crippen LogP contribution >= 0.6 is 11.3 Å². The molecule has 0 fully saturated rings. The molecule has 0 aliphatic carbocycles. The molecule has 0 bridgehead atoms. The Kier molecular flexibility index (Phi) is 4.71. The van der Waals surface area contributed by atoms with Gasteiger partial charge >= 0.3 is 0 Å². The third kappa shape index (κ3) is 4.35. The van der Waals surface area contributed by atoms with E-state index in [0.717, 1.165) is 21.2 Å². The fourth-order valence-corrected chi connectivity index (χ4v) is 3.68. The van der Waals surface area contributed by atoms with Crippen LogP contribution in [-0.2, 0) is 23.2 Å². The Labute approximate surface area is 138 Å². The molecule has 2 aromatic heterocycles. The third-order valence-corrected chi connectivity index (χ3v) is 5.12. The Morgan fingerprint density at radius 3 is 2.74 bits per heavy atom. The van der Waals surface area contributed by atoms with Crippen molar-refractivity contribution in [3.63, 3.8) is 0 Å². The van der Waals surface area contributed by atoms with Crippen LogP contribution in [0.2, 0.25) is 0 Å². The molecule has 0 spiro atoms. The molecule has 0 radical (unpaired) electrons. The first-order chi connectivity index (χ1) is 11.0. The van der Waals surface area contributed by atoms with Gasteiger partial charge in [0.2, 0.25) is 4.96 Å². The van der Waals surface area contributed by atoms with Crippen molar-refractivity contribution in [1.29, 1.82) is 0 Å². The fourth-order valence-electron chi connectivity index (χ4n) is 2.10. The lowest BCUT2D eigenvalue weighted by molar-refractivity contribution is 0.566. The minimum atomic E-state index is -3.52. The molecule has 3 rings (SSSR count). The number of benzene rings is 1. The predicted octanol–water partition coefficient (Wildman–Crippen LogP) is 1.27. The molecule has 0 aliphatic heterocycles. The maximum atomic E-state index is 11.9. The predicted molar refractivity (Wildman–Crippen MR) is 89.5 cm³/mol. The van der Waals surface area contributed by atoms with E-state index in [1.54, 1.807) is 4.52 Å². The molecule has 0 saturated heterocycles. The smallest absolute Gasteiger partial charge is 0.223 e. The summed E-state index contributed by atoms with van der Waals surface area (Å²) in [6, 6.07) is 9.38. The van der Waals surface area contributed by atoms with Crippen molar-refractivity contribution < 1.29 is 8.42 Å². The van der Waals surface area contributed by atoms with Crippen LogP contribution < -0.4 is 9.44 Å². The largest absolute Gasteiger partial charge is 0.277 e. The van der Waals surface area contributed by atoms with Crippen LogP contribution in [0.15, 0.2) is 36.5 Å². The molecule has 7 nitrogen and oxygen atoms in total. The van der Waals surface area contributed by atoms with E-state index in [4.69, 9.17) is 0 Å². The summed E-state index contributed by atoms with van der Waals surface area (Å²) in [6.45, 7) is 2.47. The molecule has 2 N–H and O–H groups in total. The van der Waals surface area contributed by atoms with Crippen LogP contribution in [0.3, 0.4) is 0 Å². The lowest BCUT2D eigenvalue weighted by Crippen LogP contribution is -2.37. The summed E-state index contributed by atoms with van der Waals surface area (Å²) in [4.78, 5) is 5.23. The molecular weight excluding hydrogens is 334 g/mol. The van der Waals surface area contributed by atoms with Crippen LogP contribution in [-0.4, -0.2) is 29.6 Å².